The highest BCUT2D eigenvalue weighted by molar-refractivity contribution is 5.96. The first kappa shape index (κ1) is 13.2. The number of fused-ring (bicyclic) bond motifs is 2. The van der Waals surface area contributed by atoms with Crippen molar-refractivity contribution in [1.82, 2.24) is 9.97 Å². The predicted molar refractivity (Wildman–Crippen MR) is 76.3 cm³/mol. The van der Waals surface area contributed by atoms with E-state index in [4.69, 9.17) is 0 Å². The van der Waals surface area contributed by atoms with Crippen molar-refractivity contribution in [3.05, 3.63) is 35.7 Å². The molecule has 0 bridgehead atoms. The first-order chi connectivity index (χ1) is 9.26. The Morgan fingerprint density at radius 2 is 1.60 bits per heavy atom. The summed E-state index contributed by atoms with van der Waals surface area (Å²) in [6, 6.07) is 7.52. The van der Waals surface area contributed by atoms with Crippen LogP contribution in [0.15, 0.2) is 24.3 Å². The van der Waals surface area contributed by atoms with Crippen molar-refractivity contribution in [3.8, 4) is 0 Å². The maximum Gasteiger partial charge on any atom is 0.153 e. The number of carbonyl (C=O) groups excluding carboxylic acids is 1. The number of para-hydroxylation sites is 2. The zero-order valence-corrected chi connectivity index (χ0v) is 12.1. The second-order valence-corrected chi connectivity index (χ2v) is 6.52. The Bertz CT molecular complexity index is 719. The number of aliphatic hydroxyl groups excluding tert-OH is 1. The molecule has 0 amide bonds. The third kappa shape index (κ3) is 1.54. The molecule has 1 unspecified atom stereocenters. The number of ketones is 1. The van der Waals surface area contributed by atoms with Crippen LogP contribution >= 0.6 is 0 Å². The molecule has 104 valence electrons. The summed E-state index contributed by atoms with van der Waals surface area (Å²) in [6.45, 7) is 7.24. The van der Waals surface area contributed by atoms with Gasteiger partial charge in [0.1, 0.15) is 6.10 Å². The lowest BCUT2D eigenvalue weighted by Gasteiger charge is -2.42. The van der Waals surface area contributed by atoms with Gasteiger partial charge in [0.15, 0.2) is 5.78 Å². The topological polar surface area (TPSA) is 63.1 Å². The van der Waals surface area contributed by atoms with Crippen LogP contribution in [-0.2, 0) is 10.2 Å². The molecule has 0 aliphatic heterocycles. The SMILES string of the molecule is CC1(C)C(=O)C(C)(C)C(O)c2nc3ccccc3nc21. The number of aromatic nitrogens is 2. The van der Waals surface area contributed by atoms with E-state index in [1.807, 2.05) is 38.1 Å². The average molecular weight is 270 g/mol. The van der Waals surface area contributed by atoms with E-state index in [0.717, 1.165) is 11.0 Å². The second-order valence-electron chi connectivity index (χ2n) is 6.52. The zero-order valence-electron chi connectivity index (χ0n) is 12.1. The van der Waals surface area contributed by atoms with Crippen molar-refractivity contribution < 1.29 is 9.90 Å². The van der Waals surface area contributed by atoms with Crippen LogP contribution in [0.25, 0.3) is 11.0 Å². The zero-order chi connectivity index (χ0) is 14.7. The van der Waals surface area contributed by atoms with Crippen LogP contribution < -0.4 is 0 Å². The van der Waals surface area contributed by atoms with Crippen LogP contribution in [0.2, 0.25) is 0 Å². The maximum atomic E-state index is 12.7. The molecule has 4 heteroatoms. The lowest BCUT2D eigenvalue weighted by atomic mass is 9.63. The van der Waals surface area contributed by atoms with Crippen LogP contribution in [0.3, 0.4) is 0 Å². The number of benzene rings is 1. The normalized spacial score (nSPS) is 23.6. The summed E-state index contributed by atoms with van der Waals surface area (Å²) in [7, 11) is 0. The number of aliphatic hydroxyl groups is 1. The maximum absolute atomic E-state index is 12.7. The van der Waals surface area contributed by atoms with Gasteiger partial charge in [-0.15, -0.1) is 0 Å². The fourth-order valence-corrected chi connectivity index (χ4v) is 3.04. The number of hydrogen-bond acceptors (Lipinski definition) is 4. The molecule has 1 aromatic carbocycles. The van der Waals surface area contributed by atoms with Crippen molar-refractivity contribution in [3.63, 3.8) is 0 Å². The minimum absolute atomic E-state index is 0.00502. The summed E-state index contributed by atoms with van der Waals surface area (Å²) in [5.41, 5.74) is 1.01. The number of rotatable bonds is 0. The summed E-state index contributed by atoms with van der Waals surface area (Å²) in [5, 5.41) is 10.5. The third-order valence-corrected chi connectivity index (χ3v) is 4.28. The summed E-state index contributed by atoms with van der Waals surface area (Å²) < 4.78 is 0. The summed E-state index contributed by atoms with van der Waals surface area (Å²) in [6.07, 6.45) is -0.921. The van der Waals surface area contributed by atoms with Crippen molar-refractivity contribution in [2.24, 2.45) is 5.41 Å². The van der Waals surface area contributed by atoms with E-state index < -0.39 is 16.9 Å². The molecule has 0 saturated carbocycles. The minimum Gasteiger partial charge on any atom is -0.386 e. The molecular formula is C16H18N2O2. The first-order valence-corrected chi connectivity index (χ1v) is 6.76. The molecule has 1 atom stereocenters. The number of hydrogen-bond donors (Lipinski definition) is 1. The molecule has 1 aliphatic rings. The molecule has 0 spiro atoms. The Morgan fingerprint density at radius 3 is 2.20 bits per heavy atom. The van der Waals surface area contributed by atoms with E-state index in [9.17, 15) is 9.90 Å². The molecule has 0 saturated heterocycles. The third-order valence-electron chi connectivity index (χ3n) is 4.28. The Labute approximate surface area is 117 Å². The first-order valence-electron chi connectivity index (χ1n) is 6.76. The number of carbonyl (C=O) groups is 1. The Balaban J connectivity index is 2.38. The highest BCUT2D eigenvalue weighted by atomic mass is 16.3. The molecule has 1 heterocycles. The van der Waals surface area contributed by atoms with Gasteiger partial charge in [0, 0.05) is 0 Å². The molecule has 3 rings (SSSR count). The lowest BCUT2D eigenvalue weighted by molar-refractivity contribution is -0.141. The fourth-order valence-electron chi connectivity index (χ4n) is 3.04. The highest BCUT2D eigenvalue weighted by Crippen LogP contribution is 2.47. The van der Waals surface area contributed by atoms with E-state index in [2.05, 4.69) is 9.97 Å². The number of Topliss-reactive ketones (excluding diaryl/α,β-unsaturated/α-hetero) is 1. The Kier molecular flexibility index (Phi) is 2.54. The quantitative estimate of drug-likeness (QED) is 0.799. The van der Waals surface area contributed by atoms with Crippen molar-refractivity contribution >= 4 is 16.8 Å². The monoisotopic (exact) mass is 270 g/mol. The largest absolute Gasteiger partial charge is 0.386 e. The van der Waals surface area contributed by atoms with Crippen LogP contribution in [0.5, 0.6) is 0 Å². The molecule has 4 nitrogen and oxygen atoms in total. The van der Waals surface area contributed by atoms with E-state index in [0.29, 0.717) is 11.4 Å². The molecule has 0 fully saturated rings. The summed E-state index contributed by atoms with van der Waals surface area (Å²) in [4.78, 5) is 21.8. The van der Waals surface area contributed by atoms with Gasteiger partial charge in [-0.05, 0) is 39.8 Å². The molecule has 20 heavy (non-hydrogen) atoms. The molecule has 1 aromatic heterocycles. The van der Waals surface area contributed by atoms with Crippen LogP contribution in [0.4, 0.5) is 0 Å². The standard InChI is InChI=1S/C16H18N2O2/c1-15(2)12-11(13(19)16(3,4)14(15)20)17-9-7-5-6-8-10(9)18-12/h5-8,13,19H,1-4H3. The van der Waals surface area contributed by atoms with Gasteiger partial charge in [0.05, 0.1) is 33.3 Å². The molecule has 1 N–H and O–H groups in total. The molecule has 1 aliphatic carbocycles. The van der Waals surface area contributed by atoms with E-state index in [1.54, 1.807) is 13.8 Å². The fraction of sp³-hybridized carbons (Fsp3) is 0.438. The average Bonchev–Trinajstić information content (AvgIpc) is 2.42. The van der Waals surface area contributed by atoms with Crippen molar-refractivity contribution in [1.29, 1.82) is 0 Å². The van der Waals surface area contributed by atoms with Gasteiger partial charge < -0.3 is 5.11 Å². The molecule has 2 aromatic rings. The van der Waals surface area contributed by atoms with Gasteiger partial charge in [-0.2, -0.15) is 0 Å². The van der Waals surface area contributed by atoms with Crippen molar-refractivity contribution in [2.45, 2.75) is 39.2 Å². The highest BCUT2D eigenvalue weighted by Gasteiger charge is 2.52. The van der Waals surface area contributed by atoms with Gasteiger partial charge in [0.2, 0.25) is 0 Å². The summed E-state index contributed by atoms with van der Waals surface area (Å²) >= 11 is 0. The van der Waals surface area contributed by atoms with E-state index >= 15 is 0 Å². The van der Waals surface area contributed by atoms with E-state index in [1.165, 1.54) is 0 Å². The van der Waals surface area contributed by atoms with Gasteiger partial charge in [-0.25, -0.2) is 9.97 Å². The number of nitrogens with zero attached hydrogens (tertiary/aromatic N) is 2. The van der Waals surface area contributed by atoms with Gasteiger partial charge in [-0.3, -0.25) is 4.79 Å². The van der Waals surface area contributed by atoms with E-state index in [-0.39, 0.29) is 5.78 Å². The van der Waals surface area contributed by atoms with Crippen LogP contribution in [0, 0.1) is 5.41 Å². The molecular weight excluding hydrogens is 252 g/mol. The predicted octanol–water partition coefficient (Wildman–Crippen LogP) is 2.55. The second kappa shape index (κ2) is 3.85. The van der Waals surface area contributed by atoms with Crippen LogP contribution in [0.1, 0.15) is 45.2 Å². The lowest BCUT2D eigenvalue weighted by Crippen LogP contribution is -2.49. The Morgan fingerprint density at radius 1 is 1.05 bits per heavy atom. The van der Waals surface area contributed by atoms with Crippen molar-refractivity contribution in [2.75, 3.05) is 0 Å². The van der Waals surface area contributed by atoms with Gasteiger partial charge in [0.25, 0.3) is 0 Å². The summed E-state index contributed by atoms with van der Waals surface area (Å²) in [5.74, 6) is -0.00502. The minimum atomic E-state index is -0.921. The van der Waals surface area contributed by atoms with Crippen LogP contribution in [-0.4, -0.2) is 20.9 Å². The smallest absolute Gasteiger partial charge is 0.153 e. The van der Waals surface area contributed by atoms with Gasteiger partial charge >= 0.3 is 0 Å². The molecule has 0 radical (unpaired) electrons. The Hall–Kier alpha value is -1.81. The van der Waals surface area contributed by atoms with Gasteiger partial charge in [-0.1, -0.05) is 12.1 Å².